The van der Waals surface area contributed by atoms with Crippen LogP contribution in [0.4, 0.5) is 5.13 Å². The maximum absolute atomic E-state index is 12.2. The van der Waals surface area contributed by atoms with Crippen LogP contribution in [0.5, 0.6) is 0 Å². The fourth-order valence-corrected chi connectivity index (χ4v) is 3.15. The van der Waals surface area contributed by atoms with Crippen LogP contribution < -0.4 is 5.32 Å². The predicted molar refractivity (Wildman–Crippen MR) is 85.7 cm³/mol. The van der Waals surface area contributed by atoms with E-state index in [1.807, 2.05) is 18.2 Å². The highest BCUT2D eigenvalue weighted by Crippen LogP contribution is 2.24. The minimum atomic E-state index is -0.348. The van der Waals surface area contributed by atoms with Gasteiger partial charge in [0.2, 0.25) is 11.8 Å². The second-order valence-corrected chi connectivity index (χ2v) is 6.39. The van der Waals surface area contributed by atoms with Crippen LogP contribution in [0.3, 0.4) is 0 Å². The van der Waals surface area contributed by atoms with Gasteiger partial charge in [-0.15, -0.1) is 11.3 Å². The molecular formula is C15H14ClN3O2S. The lowest BCUT2D eigenvalue weighted by Gasteiger charge is -2.17. The lowest BCUT2D eigenvalue weighted by Crippen LogP contribution is -2.28. The van der Waals surface area contributed by atoms with Gasteiger partial charge < -0.3 is 10.2 Å². The summed E-state index contributed by atoms with van der Waals surface area (Å²) in [6, 6.07) is 7.42. The van der Waals surface area contributed by atoms with E-state index in [1.165, 1.54) is 11.3 Å². The van der Waals surface area contributed by atoms with Gasteiger partial charge in [-0.05, 0) is 11.6 Å². The van der Waals surface area contributed by atoms with Crippen LogP contribution >= 0.6 is 22.9 Å². The summed E-state index contributed by atoms with van der Waals surface area (Å²) < 4.78 is 0. The normalized spacial score (nSPS) is 17.8. The average Bonchev–Trinajstić information content (AvgIpc) is 3.12. The van der Waals surface area contributed by atoms with Crippen molar-refractivity contribution in [3.63, 3.8) is 0 Å². The third-order valence-electron chi connectivity index (χ3n) is 3.57. The Kier molecular flexibility index (Phi) is 4.40. The Balaban J connectivity index is 1.63. The fourth-order valence-electron chi connectivity index (χ4n) is 2.43. The first-order chi connectivity index (χ1) is 10.6. The molecule has 1 aromatic heterocycles. The van der Waals surface area contributed by atoms with E-state index < -0.39 is 0 Å². The molecule has 2 amide bonds. The van der Waals surface area contributed by atoms with E-state index in [2.05, 4.69) is 10.3 Å². The lowest BCUT2D eigenvalue weighted by atomic mass is 10.1. The molecule has 2 aromatic rings. The Bertz CT molecular complexity index is 690. The van der Waals surface area contributed by atoms with Crippen molar-refractivity contribution in [3.8, 4) is 0 Å². The number of nitrogens with zero attached hydrogens (tertiary/aromatic N) is 2. The molecule has 22 heavy (non-hydrogen) atoms. The number of halogens is 1. The number of nitrogens with one attached hydrogen (secondary N) is 1. The Morgan fingerprint density at radius 2 is 2.27 bits per heavy atom. The third-order valence-corrected chi connectivity index (χ3v) is 4.62. The molecule has 1 fully saturated rings. The number of rotatable bonds is 4. The van der Waals surface area contributed by atoms with E-state index in [-0.39, 0.29) is 24.2 Å². The molecule has 5 nitrogen and oxygen atoms in total. The largest absolute Gasteiger partial charge is 0.337 e. The van der Waals surface area contributed by atoms with Crippen LogP contribution in [0.25, 0.3) is 0 Å². The summed E-state index contributed by atoms with van der Waals surface area (Å²) in [7, 11) is 0. The molecule has 0 bridgehead atoms. The quantitative estimate of drug-likeness (QED) is 0.934. The van der Waals surface area contributed by atoms with Gasteiger partial charge in [0.15, 0.2) is 5.13 Å². The second-order valence-electron chi connectivity index (χ2n) is 5.09. The van der Waals surface area contributed by atoms with E-state index in [1.54, 1.807) is 22.5 Å². The smallest absolute Gasteiger partial charge is 0.231 e. The number of amides is 2. The van der Waals surface area contributed by atoms with Crippen LogP contribution in [0.1, 0.15) is 12.0 Å². The Morgan fingerprint density at radius 1 is 1.45 bits per heavy atom. The third kappa shape index (κ3) is 3.28. The van der Waals surface area contributed by atoms with Gasteiger partial charge in [0.05, 0.1) is 5.92 Å². The number of anilines is 1. The molecule has 1 saturated heterocycles. The number of hydrogen-bond donors (Lipinski definition) is 1. The standard InChI is InChI=1S/C15H14ClN3O2S/c16-12-4-2-1-3-10(12)8-19-9-11(7-13(19)20)14(21)18-15-17-5-6-22-15/h1-6,11H,7-9H2,(H,17,18,21)/t11-/m0/s1. The molecule has 1 N–H and O–H groups in total. The van der Waals surface area contributed by atoms with Crippen LogP contribution in [0.2, 0.25) is 5.02 Å². The topological polar surface area (TPSA) is 62.3 Å². The average molecular weight is 336 g/mol. The second kappa shape index (κ2) is 6.46. The fraction of sp³-hybridized carbons (Fsp3) is 0.267. The van der Waals surface area contributed by atoms with Crippen LogP contribution in [0.15, 0.2) is 35.8 Å². The van der Waals surface area contributed by atoms with Crippen LogP contribution in [0, 0.1) is 5.92 Å². The molecule has 1 atom stereocenters. The zero-order chi connectivity index (χ0) is 15.5. The Morgan fingerprint density at radius 3 is 3.00 bits per heavy atom. The minimum Gasteiger partial charge on any atom is -0.337 e. The Hall–Kier alpha value is -1.92. The van der Waals surface area contributed by atoms with E-state index in [0.29, 0.717) is 23.2 Å². The van der Waals surface area contributed by atoms with E-state index in [9.17, 15) is 9.59 Å². The molecule has 1 aliphatic heterocycles. The number of aromatic nitrogens is 1. The van der Waals surface area contributed by atoms with Crippen molar-refractivity contribution in [1.29, 1.82) is 0 Å². The van der Waals surface area contributed by atoms with Crippen molar-refractivity contribution in [3.05, 3.63) is 46.4 Å². The maximum Gasteiger partial charge on any atom is 0.231 e. The summed E-state index contributed by atoms with van der Waals surface area (Å²) in [6.45, 7) is 0.834. The molecule has 2 heterocycles. The predicted octanol–water partition coefficient (Wildman–Crippen LogP) is 2.78. The number of carbonyl (C=O) groups excluding carboxylic acids is 2. The van der Waals surface area contributed by atoms with Gasteiger partial charge in [-0.25, -0.2) is 4.98 Å². The number of benzene rings is 1. The van der Waals surface area contributed by atoms with Crippen molar-refractivity contribution < 1.29 is 9.59 Å². The van der Waals surface area contributed by atoms with E-state index >= 15 is 0 Å². The van der Waals surface area contributed by atoms with Crippen LogP contribution in [-0.2, 0) is 16.1 Å². The summed E-state index contributed by atoms with van der Waals surface area (Å²) >= 11 is 7.48. The van der Waals surface area contributed by atoms with Gasteiger partial charge >= 0.3 is 0 Å². The van der Waals surface area contributed by atoms with Gasteiger partial charge in [0, 0.05) is 36.1 Å². The van der Waals surface area contributed by atoms with Gasteiger partial charge in [0.1, 0.15) is 0 Å². The molecular weight excluding hydrogens is 322 g/mol. The minimum absolute atomic E-state index is 0.0285. The summed E-state index contributed by atoms with van der Waals surface area (Å²) in [5, 5.41) is 5.72. The molecule has 0 spiro atoms. The highest BCUT2D eigenvalue weighted by atomic mass is 35.5. The van der Waals surface area contributed by atoms with Gasteiger partial charge in [-0.3, -0.25) is 9.59 Å². The molecule has 0 unspecified atom stereocenters. The van der Waals surface area contributed by atoms with Gasteiger partial charge in [0.25, 0.3) is 0 Å². The number of carbonyl (C=O) groups is 2. The van der Waals surface area contributed by atoms with Crippen LogP contribution in [-0.4, -0.2) is 28.2 Å². The summed E-state index contributed by atoms with van der Waals surface area (Å²) in [5.74, 6) is -0.539. The first kappa shape index (κ1) is 15.0. The van der Waals surface area contributed by atoms with Crippen molar-refractivity contribution in [1.82, 2.24) is 9.88 Å². The highest BCUT2D eigenvalue weighted by Gasteiger charge is 2.34. The Labute approximate surface area is 136 Å². The van der Waals surface area contributed by atoms with Crippen molar-refractivity contribution in [2.45, 2.75) is 13.0 Å². The molecule has 3 rings (SSSR count). The van der Waals surface area contributed by atoms with E-state index in [0.717, 1.165) is 5.56 Å². The van der Waals surface area contributed by atoms with Gasteiger partial charge in [-0.2, -0.15) is 0 Å². The van der Waals surface area contributed by atoms with Crippen molar-refractivity contribution in [2.24, 2.45) is 5.92 Å². The number of hydrogen-bond acceptors (Lipinski definition) is 4. The zero-order valence-electron chi connectivity index (χ0n) is 11.7. The first-order valence-electron chi connectivity index (χ1n) is 6.85. The zero-order valence-corrected chi connectivity index (χ0v) is 13.2. The molecule has 7 heteroatoms. The molecule has 114 valence electrons. The SMILES string of the molecule is O=C(Nc1nccs1)[C@H]1CC(=O)N(Cc2ccccc2Cl)C1. The number of thiazole rings is 1. The first-order valence-corrected chi connectivity index (χ1v) is 8.11. The summed E-state index contributed by atoms with van der Waals surface area (Å²) in [6.07, 6.45) is 1.85. The van der Waals surface area contributed by atoms with Crippen molar-refractivity contribution in [2.75, 3.05) is 11.9 Å². The maximum atomic E-state index is 12.2. The van der Waals surface area contributed by atoms with Crippen molar-refractivity contribution >= 4 is 39.9 Å². The molecule has 0 aliphatic carbocycles. The molecule has 0 saturated carbocycles. The summed E-state index contributed by atoms with van der Waals surface area (Å²) in [5.41, 5.74) is 0.887. The molecule has 1 aromatic carbocycles. The number of likely N-dealkylation sites (tertiary alicyclic amines) is 1. The molecule has 0 radical (unpaired) electrons. The summed E-state index contributed by atoms with van der Waals surface area (Å²) in [4.78, 5) is 30.0. The molecule has 1 aliphatic rings. The van der Waals surface area contributed by atoms with E-state index in [4.69, 9.17) is 11.6 Å². The highest BCUT2D eigenvalue weighted by molar-refractivity contribution is 7.13. The van der Waals surface area contributed by atoms with Gasteiger partial charge in [-0.1, -0.05) is 29.8 Å². The monoisotopic (exact) mass is 335 g/mol. The lowest BCUT2D eigenvalue weighted by molar-refractivity contribution is -0.128.